The topological polar surface area (TPSA) is 59.1 Å². The summed E-state index contributed by atoms with van der Waals surface area (Å²) in [7, 11) is 0. The second-order valence-electron chi connectivity index (χ2n) is 6.12. The number of hydrogen-bond acceptors (Lipinski definition) is 4. The molecule has 1 saturated heterocycles. The third-order valence-electron chi connectivity index (χ3n) is 3.70. The fraction of sp³-hybridized carbons (Fsp3) is 0.529. The maximum Gasteiger partial charge on any atom is 0.409 e. The fourth-order valence-electron chi connectivity index (χ4n) is 2.43. The summed E-state index contributed by atoms with van der Waals surface area (Å²) in [6.45, 7) is 2.52. The molecule has 1 aliphatic rings. The van der Waals surface area contributed by atoms with Crippen molar-refractivity contribution in [2.75, 3.05) is 32.8 Å². The van der Waals surface area contributed by atoms with Gasteiger partial charge in [-0.15, -0.1) is 0 Å². The van der Waals surface area contributed by atoms with Crippen LogP contribution < -0.4 is 4.74 Å². The van der Waals surface area contributed by atoms with E-state index in [1.807, 2.05) is 13.8 Å². The molecule has 0 N–H and O–H groups in total. The third kappa shape index (κ3) is 5.30. The van der Waals surface area contributed by atoms with Gasteiger partial charge < -0.3 is 19.3 Å². The molecule has 1 heterocycles. The number of ether oxygens (including phenoxy) is 2. The molecule has 25 heavy (non-hydrogen) atoms. The van der Waals surface area contributed by atoms with Gasteiger partial charge in [0.15, 0.2) is 0 Å². The number of rotatable bonds is 5. The molecular weight excluding hydrogens is 334 g/mol. The average molecular weight is 356 g/mol. The maximum absolute atomic E-state index is 12.6. The zero-order valence-corrected chi connectivity index (χ0v) is 14.3. The van der Waals surface area contributed by atoms with E-state index in [9.17, 15) is 18.4 Å². The van der Waals surface area contributed by atoms with Crippen LogP contribution in [0.5, 0.6) is 5.75 Å². The molecule has 8 heteroatoms. The van der Waals surface area contributed by atoms with Crippen molar-refractivity contribution in [2.45, 2.75) is 20.5 Å². The molecule has 0 aliphatic carbocycles. The van der Waals surface area contributed by atoms with Gasteiger partial charge in [0.05, 0.1) is 12.2 Å². The summed E-state index contributed by atoms with van der Waals surface area (Å²) in [4.78, 5) is 27.5. The molecule has 0 aromatic heterocycles. The Hall–Kier alpha value is -2.38. The van der Waals surface area contributed by atoms with Crippen molar-refractivity contribution in [2.24, 2.45) is 5.92 Å². The molecule has 0 radical (unpaired) electrons. The Kier molecular flexibility index (Phi) is 6.55. The lowest BCUT2D eigenvalue weighted by Gasteiger charge is -2.34. The van der Waals surface area contributed by atoms with E-state index >= 15 is 0 Å². The van der Waals surface area contributed by atoms with Crippen LogP contribution in [0.25, 0.3) is 0 Å². The van der Waals surface area contributed by atoms with E-state index in [0.29, 0.717) is 32.8 Å². The summed E-state index contributed by atoms with van der Waals surface area (Å²) in [5.41, 5.74) is 0.0821. The van der Waals surface area contributed by atoms with Gasteiger partial charge in [-0.05, 0) is 18.1 Å². The Balaban J connectivity index is 1.94. The van der Waals surface area contributed by atoms with Gasteiger partial charge in [-0.1, -0.05) is 26.0 Å². The van der Waals surface area contributed by atoms with Crippen LogP contribution in [-0.2, 0) is 4.74 Å². The van der Waals surface area contributed by atoms with Crippen LogP contribution in [0.15, 0.2) is 24.3 Å². The third-order valence-corrected chi connectivity index (χ3v) is 3.70. The number of carbonyl (C=O) groups is 2. The minimum absolute atomic E-state index is 0.0821. The molecule has 1 aromatic carbocycles. The number of carbonyl (C=O) groups excluding carboxylic acids is 2. The maximum atomic E-state index is 12.6. The lowest BCUT2D eigenvalue weighted by Crippen LogP contribution is -2.50. The standard InChI is InChI=1S/C17H22F2N2O4/c1-12(2)11-24-17(23)21-9-7-20(8-10-21)15(22)13-5-3-4-6-14(13)25-16(18)19/h3-6,12,16H,7-11H2,1-2H3. The van der Waals surface area contributed by atoms with E-state index in [0.717, 1.165) is 0 Å². The highest BCUT2D eigenvalue weighted by molar-refractivity contribution is 5.97. The minimum Gasteiger partial charge on any atom is -0.449 e. The van der Waals surface area contributed by atoms with E-state index in [2.05, 4.69) is 4.74 Å². The van der Waals surface area contributed by atoms with Crippen molar-refractivity contribution < 1.29 is 27.8 Å². The molecule has 2 rings (SSSR count). The Morgan fingerprint density at radius 2 is 1.68 bits per heavy atom. The van der Waals surface area contributed by atoms with Crippen molar-refractivity contribution in [1.29, 1.82) is 0 Å². The van der Waals surface area contributed by atoms with E-state index in [1.165, 1.54) is 28.0 Å². The van der Waals surface area contributed by atoms with Crippen LogP contribution in [0.1, 0.15) is 24.2 Å². The molecule has 0 unspecified atom stereocenters. The Morgan fingerprint density at radius 1 is 1.08 bits per heavy atom. The van der Waals surface area contributed by atoms with Gasteiger partial charge in [-0.3, -0.25) is 4.79 Å². The zero-order valence-electron chi connectivity index (χ0n) is 14.3. The molecular formula is C17H22F2N2O4. The summed E-state index contributed by atoms with van der Waals surface area (Å²) in [6, 6.07) is 5.89. The van der Waals surface area contributed by atoms with E-state index in [-0.39, 0.29) is 17.2 Å². The molecule has 0 saturated carbocycles. The molecule has 1 fully saturated rings. The Labute approximate surface area is 145 Å². The van der Waals surface area contributed by atoms with Crippen molar-refractivity contribution in [3.63, 3.8) is 0 Å². The second kappa shape index (κ2) is 8.64. The van der Waals surface area contributed by atoms with Crippen molar-refractivity contribution in [3.05, 3.63) is 29.8 Å². The quantitative estimate of drug-likeness (QED) is 0.814. The zero-order chi connectivity index (χ0) is 18.4. The number of para-hydroxylation sites is 1. The highest BCUT2D eigenvalue weighted by Gasteiger charge is 2.27. The molecule has 2 amide bonds. The van der Waals surface area contributed by atoms with Crippen LogP contribution in [-0.4, -0.2) is 61.2 Å². The summed E-state index contributed by atoms with van der Waals surface area (Å²) < 4.78 is 34.5. The Bertz CT molecular complexity index is 602. The van der Waals surface area contributed by atoms with Gasteiger partial charge in [0.2, 0.25) is 0 Å². The fourth-order valence-corrected chi connectivity index (χ4v) is 2.43. The molecule has 0 bridgehead atoms. The predicted octanol–water partition coefficient (Wildman–Crippen LogP) is 2.84. The lowest BCUT2D eigenvalue weighted by molar-refractivity contribution is -0.0503. The molecule has 0 atom stereocenters. The summed E-state index contributed by atoms with van der Waals surface area (Å²) in [5.74, 6) is -0.300. The highest BCUT2D eigenvalue weighted by atomic mass is 19.3. The first kappa shape index (κ1) is 19.0. The van der Waals surface area contributed by atoms with Crippen LogP contribution in [0.3, 0.4) is 0 Å². The number of amides is 2. The second-order valence-corrected chi connectivity index (χ2v) is 6.12. The smallest absolute Gasteiger partial charge is 0.409 e. The SMILES string of the molecule is CC(C)COC(=O)N1CCN(C(=O)c2ccccc2OC(F)F)CC1. The van der Waals surface area contributed by atoms with Crippen molar-refractivity contribution in [3.8, 4) is 5.75 Å². The number of nitrogens with zero attached hydrogens (tertiary/aromatic N) is 2. The van der Waals surface area contributed by atoms with Gasteiger partial charge >= 0.3 is 12.7 Å². The first-order valence-corrected chi connectivity index (χ1v) is 8.13. The van der Waals surface area contributed by atoms with Crippen LogP contribution >= 0.6 is 0 Å². The minimum atomic E-state index is -3.00. The number of halogens is 2. The molecule has 138 valence electrons. The Morgan fingerprint density at radius 3 is 2.28 bits per heavy atom. The first-order chi connectivity index (χ1) is 11.9. The van der Waals surface area contributed by atoms with Gasteiger partial charge in [-0.25, -0.2) is 4.79 Å². The molecule has 0 spiro atoms. The van der Waals surface area contributed by atoms with Crippen LogP contribution in [0.2, 0.25) is 0 Å². The van der Waals surface area contributed by atoms with E-state index in [1.54, 1.807) is 6.07 Å². The largest absolute Gasteiger partial charge is 0.449 e. The van der Waals surface area contributed by atoms with Gasteiger partial charge in [0.1, 0.15) is 5.75 Å². The van der Waals surface area contributed by atoms with Gasteiger partial charge in [0, 0.05) is 26.2 Å². The van der Waals surface area contributed by atoms with E-state index < -0.39 is 18.6 Å². The summed E-state index contributed by atoms with van der Waals surface area (Å²) in [6.07, 6.45) is -0.401. The molecule has 1 aromatic rings. The number of piperazine rings is 1. The number of alkyl halides is 2. The summed E-state index contributed by atoms with van der Waals surface area (Å²) in [5, 5.41) is 0. The molecule has 1 aliphatic heterocycles. The van der Waals surface area contributed by atoms with Crippen molar-refractivity contribution in [1.82, 2.24) is 9.80 Å². The van der Waals surface area contributed by atoms with Crippen LogP contribution in [0, 0.1) is 5.92 Å². The highest BCUT2D eigenvalue weighted by Crippen LogP contribution is 2.22. The summed E-state index contributed by atoms with van der Waals surface area (Å²) >= 11 is 0. The number of hydrogen-bond donors (Lipinski definition) is 0. The first-order valence-electron chi connectivity index (χ1n) is 8.13. The van der Waals surface area contributed by atoms with E-state index in [4.69, 9.17) is 4.74 Å². The monoisotopic (exact) mass is 356 g/mol. The molecule has 6 nitrogen and oxygen atoms in total. The normalized spacial score (nSPS) is 14.8. The lowest BCUT2D eigenvalue weighted by atomic mass is 10.1. The number of benzene rings is 1. The van der Waals surface area contributed by atoms with Crippen molar-refractivity contribution >= 4 is 12.0 Å². The average Bonchev–Trinajstić information content (AvgIpc) is 2.59. The predicted molar refractivity (Wildman–Crippen MR) is 86.7 cm³/mol. The van der Waals surface area contributed by atoms with Gasteiger partial charge in [0.25, 0.3) is 5.91 Å². The van der Waals surface area contributed by atoms with Crippen LogP contribution in [0.4, 0.5) is 13.6 Å². The van der Waals surface area contributed by atoms with Gasteiger partial charge in [-0.2, -0.15) is 8.78 Å².